The third-order valence-electron chi connectivity index (χ3n) is 3.28. The monoisotopic (exact) mass is 428 g/mol. The summed E-state index contributed by atoms with van der Waals surface area (Å²) in [6, 6.07) is 13.4. The van der Waals surface area contributed by atoms with Crippen LogP contribution in [0.25, 0.3) is 11.0 Å². The molecule has 0 aliphatic rings. The van der Waals surface area contributed by atoms with E-state index in [0.29, 0.717) is 16.6 Å². The second-order valence-electron chi connectivity index (χ2n) is 4.75. The van der Waals surface area contributed by atoms with Crippen molar-refractivity contribution < 1.29 is 18.3 Å². The number of aromatic nitrogens is 2. The van der Waals surface area contributed by atoms with E-state index >= 15 is 0 Å². The number of ether oxygens (including phenoxy) is 1. The summed E-state index contributed by atoms with van der Waals surface area (Å²) in [5, 5.41) is 0. The molecule has 3 rings (SSSR count). The molecule has 0 amide bonds. The van der Waals surface area contributed by atoms with Gasteiger partial charge in [-0.2, -0.15) is 8.78 Å². The minimum atomic E-state index is -2.76. The van der Waals surface area contributed by atoms with Crippen LogP contribution in [-0.4, -0.2) is 15.5 Å². The molecule has 4 nitrogen and oxygen atoms in total. The van der Waals surface area contributed by atoms with E-state index in [0.717, 1.165) is 8.14 Å². The van der Waals surface area contributed by atoms with Gasteiger partial charge in [-0.15, -0.1) is 0 Å². The zero-order valence-electron chi connectivity index (χ0n) is 11.7. The van der Waals surface area contributed by atoms with Crippen molar-refractivity contribution in [1.29, 1.82) is 0 Å². The Labute approximate surface area is 144 Å². The first-order valence-corrected chi connectivity index (χ1v) is 7.81. The third-order valence-corrected chi connectivity index (χ3v) is 4.00. The molecular formula is C16H11F2IN2O2. The minimum absolute atomic E-state index is 0.0139. The van der Waals surface area contributed by atoms with E-state index < -0.39 is 12.5 Å². The summed E-state index contributed by atoms with van der Waals surface area (Å²) in [7, 11) is 0. The lowest BCUT2D eigenvalue weighted by molar-refractivity contribution is 0.0387. The molecule has 0 saturated heterocycles. The number of nitrogens with zero attached hydrogens (tertiary/aromatic N) is 2. The first-order chi connectivity index (χ1) is 11.1. The molecule has 0 atom stereocenters. The SMILES string of the molecule is O=C(OCc1nc2ccccc2n1C(F)F)c1ccc(I)cc1. The predicted octanol–water partition coefficient (Wildman–Crippen LogP) is 4.39. The lowest BCUT2D eigenvalue weighted by Crippen LogP contribution is -2.10. The molecule has 7 heteroatoms. The van der Waals surface area contributed by atoms with Crippen LogP contribution in [0.3, 0.4) is 0 Å². The maximum absolute atomic E-state index is 13.3. The van der Waals surface area contributed by atoms with Gasteiger partial charge in [0, 0.05) is 3.57 Å². The fourth-order valence-electron chi connectivity index (χ4n) is 2.21. The summed E-state index contributed by atoms with van der Waals surface area (Å²) in [6.45, 7) is -3.07. The van der Waals surface area contributed by atoms with E-state index in [-0.39, 0.29) is 12.4 Å². The quantitative estimate of drug-likeness (QED) is 0.458. The second-order valence-corrected chi connectivity index (χ2v) is 5.99. The van der Waals surface area contributed by atoms with Gasteiger partial charge in [-0.3, -0.25) is 4.57 Å². The summed E-state index contributed by atoms with van der Waals surface area (Å²) < 4.78 is 33.4. The standard InChI is InChI=1S/C16H11F2IN2O2/c17-16(18)21-13-4-2-1-3-12(13)20-14(21)9-23-15(22)10-5-7-11(19)8-6-10/h1-8,16H,9H2. The Morgan fingerprint density at radius 1 is 1.17 bits per heavy atom. The number of alkyl halides is 2. The number of esters is 1. The molecule has 23 heavy (non-hydrogen) atoms. The third kappa shape index (κ3) is 3.34. The number of hydrogen-bond donors (Lipinski definition) is 0. The van der Waals surface area contributed by atoms with Crippen LogP contribution >= 0.6 is 22.6 Å². The molecule has 0 spiro atoms. The Bertz CT molecular complexity index is 847. The number of halogens is 3. The Morgan fingerprint density at radius 2 is 1.87 bits per heavy atom. The molecule has 0 radical (unpaired) electrons. The first kappa shape index (κ1) is 15.9. The van der Waals surface area contributed by atoms with Crippen LogP contribution < -0.4 is 0 Å². The van der Waals surface area contributed by atoms with Crippen LogP contribution in [-0.2, 0) is 11.3 Å². The van der Waals surface area contributed by atoms with Gasteiger partial charge in [0.15, 0.2) is 5.82 Å². The molecule has 1 aromatic heterocycles. The van der Waals surface area contributed by atoms with E-state index in [1.165, 1.54) is 0 Å². The number of carbonyl (C=O) groups is 1. The Kier molecular flexibility index (Phi) is 4.56. The average molecular weight is 428 g/mol. The van der Waals surface area contributed by atoms with E-state index in [2.05, 4.69) is 27.6 Å². The van der Waals surface area contributed by atoms with E-state index in [4.69, 9.17) is 4.74 Å². The molecule has 0 aliphatic carbocycles. The fraction of sp³-hybridized carbons (Fsp3) is 0.125. The molecule has 3 aromatic rings. The smallest absolute Gasteiger partial charge is 0.338 e. The predicted molar refractivity (Wildman–Crippen MR) is 89.3 cm³/mol. The Hall–Kier alpha value is -2.03. The van der Waals surface area contributed by atoms with Gasteiger partial charge in [0.1, 0.15) is 6.61 Å². The zero-order valence-corrected chi connectivity index (χ0v) is 13.9. The molecule has 0 unspecified atom stereocenters. The number of imidazole rings is 1. The van der Waals surface area contributed by atoms with Gasteiger partial charge in [0.2, 0.25) is 0 Å². The second kappa shape index (κ2) is 6.61. The van der Waals surface area contributed by atoms with Crippen LogP contribution in [0.1, 0.15) is 22.7 Å². The van der Waals surface area contributed by atoms with Gasteiger partial charge < -0.3 is 4.74 Å². The van der Waals surface area contributed by atoms with E-state index in [9.17, 15) is 13.6 Å². The van der Waals surface area contributed by atoms with Crippen molar-refractivity contribution in [1.82, 2.24) is 9.55 Å². The topological polar surface area (TPSA) is 44.1 Å². The summed E-state index contributed by atoms with van der Waals surface area (Å²) in [5.41, 5.74) is 1.11. The Morgan fingerprint density at radius 3 is 2.57 bits per heavy atom. The number of fused-ring (bicyclic) bond motifs is 1. The lowest BCUT2D eigenvalue weighted by Gasteiger charge is -2.08. The van der Waals surface area contributed by atoms with Crippen molar-refractivity contribution in [2.45, 2.75) is 13.2 Å². The number of hydrogen-bond acceptors (Lipinski definition) is 3. The highest BCUT2D eigenvalue weighted by atomic mass is 127. The number of rotatable bonds is 4. The molecular weight excluding hydrogens is 417 g/mol. The van der Waals surface area contributed by atoms with Gasteiger partial charge in [-0.05, 0) is 59.0 Å². The molecule has 0 bridgehead atoms. The van der Waals surface area contributed by atoms with Crippen LogP contribution in [0.4, 0.5) is 8.78 Å². The molecule has 0 aliphatic heterocycles. The van der Waals surface area contributed by atoms with Crippen molar-refractivity contribution in [3.8, 4) is 0 Å². The lowest BCUT2D eigenvalue weighted by atomic mass is 10.2. The normalized spacial score (nSPS) is 11.1. The van der Waals surface area contributed by atoms with Gasteiger partial charge in [-0.1, -0.05) is 12.1 Å². The van der Waals surface area contributed by atoms with Crippen molar-refractivity contribution in [2.75, 3.05) is 0 Å². The minimum Gasteiger partial charge on any atom is -0.454 e. The summed E-state index contributed by atoms with van der Waals surface area (Å²) in [4.78, 5) is 16.1. The van der Waals surface area contributed by atoms with E-state index in [1.807, 2.05) is 0 Å². The highest BCUT2D eigenvalue weighted by Crippen LogP contribution is 2.23. The number of para-hydroxylation sites is 2. The highest BCUT2D eigenvalue weighted by molar-refractivity contribution is 14.1. The van der Waals surface area contributed by atoms with E-state index in [1.54, 1.807) is 48.5 Å². The maximum Gasteiger partial charge on any atom is 0.338 e. The number of benzene rings is 2. The van der Waals surface area contributed by atoms with Crippen molar-refractivity contribution in [3.05, 3.63) is 63.5 Å². The van der Waals surface area contributed by atoms with Crippen LogP contribution in [0.2, 0.25) is 0 Å². The van der Waals surface area contributed by atoms with Gasteiger partial charge in [0.05, 0.1) is 16.6 Å². The van der Waals surface area contributed by atoms with Crippen LogP contribution in [0.5, 0.6) is 0 Å². The van der Waals surface area contributed by atoms with Crippen LogP contribution in [0, 0.1) is 3.57 Å². The molecule has 118 valence electrons. The first-order valence-electron chi connectivity index (χ1n) is 6.73. The molecule has 0 saturated carbocycles. The largest absolute Gasteiger partial charge is 0.454 e. The molecule has 0 fully saturated rings. The molecule has 2 aromatic carbocycles. The zero-order chi connectivity index (χ0) is 16.4. The number of carbonyl (C=O) groups excluding carboxylic acids is 1. The van der Waals surface area contributed by atoms with Crippen molar-refractivity contribution >= 4 is 39.6 Å². The summed E-state index contributed by atoms with van der Waals surface area (Å²) >= 11 is 2.12. The van der Waals surface area contributed by atoms with Gasteiger partial charge in [0.25, 0.3) is 0 Å². The van der Waals surface area contributed by atoms with Gasteiger partial charge >= 0.3 is 12.5 Å². The fourth-order valence-corrected chi connectivity index (χ4v) is 2.57. The average Bonchev–Trinajstić information content (AvgIpc) is 2.91. The van der Waals surface area contributed by atoms with Crippen LogP contribution in [0.15, 0.2) is 48.5 Å². The highest BCUT2D eigenvalue weighted by Gasteiger charge is 2.19. The molecule has 0 N–H and O–H groups in total. The van der Waals surface area contributed by atoms with Gasteiger partial charge in [-0.25, -0.2) is 9.78 Å². The maximum atomic E-state index is 13.3. The summed E-state index contributed by atoms with van der Waals surface area (Å²) in [5.74, 6) is -0.561. The molecule has 1 heterocycles. The van der Waals surface area contributed by atoms with Crippen molar-refractivity contribution in [2.24, 2.45) is 0 Å². The Balaban J connectivity index is 1.83. The van der Waals surface area contributed by atoms with Crippen molar-refractivity contribution in [3.63, 3.8) is 0 Å². The summed E-state index contributed by atoms with van der Waals surface area (Å²) in [6.07, 6.45) is 0.